The largest absolute Gasteiger partial charge is 0.364 e. The van der Waals surface area contributed by atoms with Crippen LogP contribution < -0.4 is 0 Å². The minimum absolute atomic E-state index is 2.96. The van der Waals surface area contributed by atoms with Gasteiger partial charge in [-0.15, -0.1) is 0 Å². The first-order chi connectivity index (χ1) is 5.14. The predicted octanol–water partition coefficient (Wildman–Crippen LogP) is -5.03. The van der Waals surface area contributed by atoms with Crippen LogP contribution in [0.5, 0.6) is 0 Å². The Labute approximate surface area is 66.2 Å². The van der Waals surface area contributed by atoms with Gasteiger partial charge in [0.15, 0.2) is 0 Å². The molecule has 0 amide bonds. The maximum atomic E-state index is 8.53. The molecule has 0 saturated heterocycles. The zero-order valence-corrected chi connectivity index (χ0v) is 5.73. The van der Waals surface area contributed by atoms with Crippen molar-refractivity contribution < 1.29 is 40.9 Å². The molecule has 0 heterocycles. The van der Waals surface area contributed by atoms with Gasteiger partial charge < -0.3 is 40.9 Å². The van der Waals surface area contributed by atoms with Gasteiger partial charge in [0.25, 0.3) is 11.6 Å². The second-order valence-corrected chi connectivity index (χ2v) is 2.20. The summed E-state index contributed by atoms with van der Waals surface area (Å²) in [6.45, 7) is 0. The lowest BCUT2D eigenvalue weighted by Gasteiger charge is -2.36. The lowest BCUT2D eigenvalue weighted by molar-refractivity contribution is -0.452. The molecule has 0 spiro atoms. The van der Waals surface area contributed by atoms with Crippen LogP contribution in [0.3, 0.4) is 0 Å². The number of rotatable bonds is 3. The van der Waals surface area contributed by atoms with Crippen LogP contribution in [0.1, 0.15) is 0 Å². The van der Waals surface area contributed by atoms with Gasteiger partial charge in [0.05, 0.1) is 0 Å². The summed E-state index contributed by atoms with van der Waals surface area (Å²) in [6.07, 6.45) is -5.93. The van der Waals surface area contributed by atoms with Gasteiger partial charge in [0, 0.05) is 0 Å². The Bertz CT molecular complexity index is 131. The normalized spacial score (nSPS) is 14.5. The van der Waals surface area contributed by atoms with Crippen LogP contribution in [-0.2, 0) is 0 Å². The molecule has 0 aliphatic carbocycles. The number of hydrogen-bond acceptors (Lipinski definition) is 8. The first-order valence-corrected chi connectivity index (χ1v) is 2.75. The second-order valence-electron chi connectivity index (χ2n) is 2.20. The van der Waals surface area contributed by atoms with Crippen molar-refractivity contribution in [1.82, 2.24) is 0 Å². The Kier molecular flexibility index (Phi) is 3.12. The van der Waals surface area contributed by atoms with Crippen molar-refractivity contribution in [2.45, 2.75) is 24.2 Å². The van der Waals surface area contributed by atoms with Crippen molar-refractivity contribution >= 4 is 0 Å². The SMILES string of the molecule is OC(O)C(O)(O)C(O)(O)C(O)O. The Balaban J connectivity index is 4.75. The summed E-state index contributed by atoms with van der Waals surface area (Å²) >= 11 is 0. The molecule has 0 aromatic carbocycles. The summed E-state index contributed by atoms with van der Waals surface area (Å²) in [4.78, 5) is 0. The molecule has 0 bridgehead atoms. The number of hydrogen-bond donors (Lipinski definition) is 8. The van der Waals surface area contributed by atoms with Crippen LogP contribution in [-0.4, -0.2) is 65.0 Å². The molecule has 0 atom stereocenters. The first kappa shape index (κ1) is 11.7. The molecular weight excluding hydrogens is 176 g/mol. The van der Waals surface area contributed by atoms with Gasteiger partial charge in [-0.3, -0.25) is 0 Å². The topological polar surface area (TPSA) is 162 Å². The standard InChI is InChI=1S/C4H10O8/c5-1(6)3(9,10)4(11,12)2(7)8/h1-2,5-12H. The van der Waals surface area contributed by atoms with E-state index in [0.717, 1.165) is 0 Å². The molecule has 0 rings (SSSR count). The number of aliphatic hydroxyl groups excluding tert-OH is 2. The molecule has 0 aliphatic heterocycles. The van der Waals surface area contributed by atoms with Crippen molar-refractivity contribution in [2.75, 3.05) is 0 Å². The molecule has 74 valence electrons. The third kappa shape index (κ3) is 1.71. The quantitative estimate of drug-likeness (QED) is 0.203. The van der Waals surface area contributed by atoms with Crippen molar-refractivity contribution in [2.24, 2.45) is 0 Å². The van der Waals surface area contributed by atoms with Crippen LogP contribution in [0, 0.1) is 0 Å². The molecule has 12 heavy (non-hydrogen) atoms. The molecule has 0 aliphatic rings. The zero-order valence-electron chi connectivity index (χ0n) is 5.73. The molecule has 8 nitrogen and oxygen atoms in total. The van der Waals surface area contributed by atoms with Gasteiger partial charge in [-0.2, -0.15) is 0 Å². The zero-order chi connectivity index (χ0) is 10.2. The lowest BCUT2D eigenvalue weighted by atomic mass is 10.1. The summed E-state index contributed by atoms with van der Waals surface area (Å²) in [7, 11) is 0. The molecule has 0 aromatic rings. The maximum absolute atomic E-state index is 8.53. The van der Waals surface area contributed by atoms with Crippen molar-refractivity contribution in [3.05, 3.63) is 0 Å². The molecule has 0 radical (unpaired) electrons. The van der Waals surface area contributed by atoms with E-state index in [9.17, 15) is 0 Å². The van der Waals surface area contributed by atoms with E-state index in [1.807, 2.05) is 0 Å². The van der Waals surface area contributed by atoms with Crippen LogP contribution in [0.25, 0.3) is 0 Å². The van der Waals surface area contributed by atoms with Crippen LogP contribution in [0.4, 0.5) is 0 Å². The highest BCUT2D eigenvalue weighted by atomic mass is 16.7. The van der Waals surface area contributed by atoms with Gasteiger partial charge >= 0.3 is 0 Å². The fraction of sp³-hybridized carbons (Fsp3) is 1.00. The van der Waals surface area contributed by atoms with Gasteiger partial charge in [-0.25, -0.2) is 0 Å². The Morgan fingerprint density at radius 2 is 0.750 bits per heavy atom. The van der Waals surface area contributed by atoms with E-state index < -0.39 is 24.2 Å². The van der Waals surface area contributed by atoms with Gasteiger partial charge in [-0.05, 0) is 0 Å². The van der Waals surface area contributed by atoms with Crippen LogP contribution >= 0.6 is 0 Å². The summed E-state index contributed by atoms with van der Waals surface area (Å²) in [5, 5.41) is 66.8. The Hall–Kier alpha value is -0.320. The minimum atomic E-state index is -3.86. The van der Waals surface area contributed by atoms with Gasteiger partial charge in [0.1, 0.15) is 0 Å². The summed E-state index contributed by atoms with van der Waals surface area (Å²) in [5.74, 6) is -7.72. The van der Waals surface area contributed by atoms with E-state index >= 15 is 0 Å². The van der Waals surface area contributed by atoms with Crippen LogP contribution in [0.2, 0.25) is 0 Å². The third-order valence-corrected chi connectivity index (χ3v) is 1.26. The highest BCUT2D eigenvalue weighted by Crippen LogP contribution is 2.22. The number of aliphatic hydroxyl groups is 8. The van der Waals surface area contributed by atoms with Crippen molar-refractivity contribution in [1.29, 1.82) is 0 Å². The van der Waals surface area contributed by atoms with E-state index in [1.165, 1.54) is 0 Å². The average molecular weight is 186 g/mol. The summed E-state index contributed by atoms with van der Waals surface area (Å²) in [6, 6.07) is 0. The van der Waals surface area contributed by atoms with Crippen LogP contribution in [0.15, 0.2) is 0 Å². The predicted molar refractivity (Wildman–Crippen MR) is 30.8 cm³/mol. The molecule has 0 unspecified atom stereocenters. The molecule has 0 aromatic heterocycles. The summed E-state index contributed by atoms with van der Waals surface area (Å²) < 4.78 is 0. The van der Waals surface area contributed by atoms with Gasteiger partial charge in [0.2, 0.25) is 12.6 Å². The highest BCUT2D eigenvalue weighted by Gasteiger charge is 2.57. The highest BCUT2D eigenvalue weighted by molar-refractivity contribution is 4.85. The average Bonchev–Trinajstić information content (AvgIpc) is 1.86. The van der Waals surface area contributed by atoms with Gasteiger partial charge in [-0.1, -0.05) is 0 Å². The first-order valence-electron chi connectivity index (χ1n) is 2.75. The van der Waals surface area contributed by atoms with E-state index in [0.29, 0.717) is 0 Å². The maximum Gasteiger partial charge on any atom is 0.276 e. The smallest absolute Gasteiger partial charge is 0.276 e. The fourth-order valence-electron chi connectivity index (χ4n) is 0.380. The lowest BCUT2D eigenvalue weighted by Crippen LogP contribution is -2.66. The monoisotopic (exact) mass is 186 g/mol. The fourth-order valence-corrected chi connectivity index (χ4v) is 0.380. The van der Waals surface area contributed by atoms with E-state index in [1.54, 1.807) is 0 Å². The Morgan fingerprint density at radius 3 is 0.833 bits per heavy atom. The molecule has 8 N–H and O–H groups in total. The molecule has 0 saturated carbocycles. The van der Waals surface area contributed by atoms with E-state index in [-0.39, 0.29) is 0 Å². The molecular formula is C4H10O8. The molecule has 8 heteroatoms. The van der Waals surface area contributed by atoms with Crippen molar-refractivity contribution in [3.63, 3.8) is 0 Å². The van der Waals surface area contributed by atoms with E-state index in [2.05, 4.69) is 0 Å². The summed E-state index contributed by atoms with van der Waals surface area (Å²) in [5.41, 5.74) is 0. The Morgan fingerprint density at radius 1 is 0.583 bits per heavy atom. The third-order valence-electron chi connectivity index (χ3n) is 1.26. The second kappa shape index (κ2) is 3.20. The van der Waals surface area contributed by atoms with Crippen molar-refractivity contribution in [3.8, 4) is 0 Å². The minimum Gasteiger partial charge on any atom is -0.364 e. The molecule has 0 fully saturated rings. The van der Waals surface area contributed by atoms with E-state index in [4.69, 9.17) is 40.9 Å².